The summed E-state index contributed by atoms with van der Waals surface area (Å²) in [6.07, 6.45) is 0. The second-order valence-electron chi connectivity index (χ2n) is 14.9. The van der Waals surface area contributed by atoms with Crippen molar-refractivity contribution >= 4 is 71.9 Å². The molecule has 10 aromatic rings. The van der Waals surface area contributed by atoms with Gasteiger partial charge in [0.2, 0.25) is 5.78 Å². The van der Waals surface area contributed by atoms with Gasteiger partial charge in [-0.3, -0.25) is 9.59 Å². The normalized spacial score (nSPS) is 12.1. The molecule has 0 saturated heterocycles. The number of hydrogen-bond acceptors (Lipinski definition) is 8. The first-order chi connectivity index (χ1) is 31.6. The van der Waals surface area contributed by atoms with E-state index in [1.807, 2.05) is 170 Å². The van der Waals surface area contributed by atoms with Gasteiger partial charge in [-0.25, -0.2) is 0 Å². The van der Waals surface area contributed by atoms with Crippen molar-refractivity contribution in [1.29, 1.82) is 0 Å². The molecular weight excluding hydrogens is 839 g/mol. The van der Waals surface area contributed by atoms with Crippen molar-refractivity contribution in [2.75, 3.05) is 0 Å². The molecule has 308 valence electrons. The van der Waals surface area contributed by atoms with Gasteiger partial charge in [-0.1, -0.05) is 170 Å². The molecule has 1 aliphatic carbocycles. The molecule has 0 unspecified atom stereocenters. The zero-order valence-corrected chi connectivity index (χ0v) is 35.6. The van der Waals surface area contributed by atoms with Crippen LogP contribution in [-0.4, -0.2) is 11.6 Å². The number of fused-ring (bicyclic) bond motifs is 6. The lowest BCUT2D eigenvalue weighted by Gasteiger charge is -2.25. The zero-order valence-electron chi connectivity index (χ0n) is 33.8. The van der Waals surface area contributed by atoms with Crippen LogP contribution >= 0.6 is 17.2 Å². The Hall–Kier alpha value is -7.76. The van der Waals surface area contributed by atoms with Crippen molar-refractivity contribution in [3.63, 3.8) is 0 Å². The Bertz CT molecular complexity index is 3040. The minimum Gasteiger partial charge on any atom is -0.408 e. The molecule has 0 spiro atoms. The van der Waals surface area contributed by atoms with E-state index in [0.717, 1.165) is 43.1 Å². The van der Waals surface area contributed by atoms with E-state index < -0.39 is 23.0 Å². The molecule has 0 N–H and O–H groups in total. The largest absolute Gasteiger partial charge is 0.530 e. The summed E-state index contributed by atoms with van der Waals surface area (Å²) >= 11 is 0. The molecule has 10 aromatic carbocycles. The molecule has 0 heterocycles. The molecule has 1 aliphatic rings. The second kappa shape index (κ2) is 16.8. The van der Waals surface area contributed by atoms with Gasteiger partial charge in [-0.15, -0.1) is 0 Å². The second-order valence-corrected chi connectivity index (χ2v) is 16.9. The lowest BCUT2D eigenvalue weighted by Crippen LogP contribution is -2.23. The van der Waals surface area contributed by atoms with Gasteiger partial charge in [-0.2, -0.15) is 0 Å². The van der Waals surface area contributed by atoms with Crippen LogP contribution in [0.4, 0.5) is 0 Å². The smallest absolute Gasteiger partial charge is 0.408 e. The molecule has 0 aliphatic heterocycles. The van der Waals surface area contributed by atoms with E-state index in [-0.39, 0.29) is 39.5 Å². The van der Waals surface area contributed by atoms with E-state index in [0.29, 0.717) is 23.0 Å². The van der Waals surface area contributed by atoms with Crippen LogP contribution in [0, 0.1) is 0 Å². The van der Waals surface area contributed by atoms with Gasteiger partial charge in [0.25, 0.3) is 0 Å². The van der Waals surface area contributed by atoms with Gasteiger partial charge in [0.15, 0.2) is 5.78 Å². The molecule has 0 fully saturated rings. The fraction of sp³-hybridized carbons (Fsp3) is 0. The van der Waals surface area contributed by atoms with Crippen LogP contribution in [0.15, 0.2) is 206 Å². The van der Waals surface area contributed by atoms with Crippen LogP contribution in [0.1, 0.15) is 31.8 Å². The minimum atomic E-state index is -2.29. The van der Waals surface area contributed by atoms with E-state index in [9.17, 15) is 4.79 Å². The van der Waals surface area contributed by atoms with Crippen molar-refractivity contribution in [3.05, 3.63) is 229 Å². The Balaban J connectivity index is 0.979. The molecule has 0 amide bonds. The summed E-state index contributed by atoms with van der Waals surface area (Å²) in [5.41, 5.74) is 0.471. The van der Waals surface area contributed by atoms with E-state index in [1.165, 1.54) is 0 Å². The third-order valence-electron chi connectivity index (χ3n) is 11.0. The first kappa shape index (κ1) is 39.1. The van der Waals surface area contributed by atoms with Gasteiger partial charge in [0.1, 0.15) is 34.5 Å². The quantitative estimate of drug-likeness (QED) is 0.112. The molecule has 0 radical (unpaired) electrons. The van der Waals surface area contributed by atoms with Gasteiger partial charge in [-0.05, 0) is 57.9 Å². The van der Waals surface area contributed by atoms with E-state index >= 15 is 4.79 Å². The maximum Gasteiger partial charge on any atom is 0.530 e. The Morgan fingerprint density at radius 1 is 0.250 bits per heavy atom. The summed E-state index contributed by atoms with van der Waals surface area (Å²) in [4.78, 5) is 29.6. The SMILES string of the molecule is O=C1c2cccc(OP(Oc3cccc4ccccc34)Oc3cccc4ccccc34)c2C(=O)c2c(OP(Oc3cccc4ccccc34)Oc3cccc4ccccc34)cccc21. The van der Waals surface area contributed by atoms with Crippen molar-refractivity contribution in [3.8, 4) is 34.5 Å². The summed E-state index contributed by atoms with van der Waals surface area (Å²) in [5.74, 6) is 1.50. The molecule has 0 saturated carbocycles. The Kier molecular flexibility index (Phi) is 10.3. The number of benzene rings is 10. The monoisotopic (exact) mass is 872 g/mol. The minimum absolute atomic E-state index is 0.0564. The first-order valence-corrected chi connectivity index (χ1v) is 22.7. The van der Waals surface area contributed by atoms with Crippen LogP contribution in [0.5, 0.6) is 34.5 Å². The third-order valence-corrected chi connectivity index (χ3v) is 13.1. The highest BCUT2D eigenvalue weighted by atomic mass is 31.2. The molecule has 64 heavy (non-hydrogen) atoms. The fourth-order valence-corrected chi connectivity index (χ4v) is 10.2. The Morgan fingerprint density at radius 2 is 0.500 bits per heavy atom. The Labute approximate surface area is 370 Å². The molecule has 0 bridgehead atoms. The predicted molar refractivity (Wildman–Crippen MR) is 253 cm³/mol. The zero-order chi connectivity index (χ0) is 43.0. The van der Waals surface area contributed by atoms with Crippen molar-refractivity contribution in [2.45, 2.75) is 0 Å². The molecule has 10 heteroatoms. The summed E-state index contributed by atoms with van der Waals surface area (Å²) in [6.45, 7) is 0. The van der Waals surface area contributed by atoms with Gasteiger partial charge < -0.3 is 27.1 Å². The highest BCUT2D eigenvalue weighted by Gasteiger charge is 2.38. The highest BCUT2D eigenvalue weighted by molar-refractivity contribution is 7.43. The number of rotatable bonds is 12. The third kappa shape index (κ3) is 7.39. The molecule has 8 nitrogen and oxygen atoms in total. The number of carbonyl (C=O) groups is 2. The summed E-state index contributed by atoms with van der Waals surface area (Å²) < 4.78 is 39.9. The molecule has 0 aromatic heterocycles. The summed E-state index contributed by atoms with van der Waals surface area (Å²) in [6, 6.07) is 64.3. The van der Waals surface area contributed by atoms with Crippen LogP contribution in [0.3, 0.4) is 0 Å². The lowest BCUT2D eigenvalue weighted by atomic mass is 9.83. The fourth-order valence-electron chi connectivity index (χ4n) is 8.03. The maximum absolute atomic E-state index is 15.1. The van der Waals surface area contributed by atoms with Crippen LogP contribution in [0.25, 0.3) is 43.1 Å². The highest BCUT2D eigenvalue weighted by Crippen LogP contribution is 2.51. The molecular formula is C54H34O8P2. The lowest BCUT2D eigenvalue weighted by molar-refractivity contribution is 0.0975. The van der Waals surface area contributed by atoms with Crippen molar-refractivity contribution in [2.24, 2.45) is 0 Å². The standard InChI is InChI=1S/C54H34O8P2/c55-53-43-27-13-33-49(61-63(57-45-29-9-19-35-15-1-5-23-39(35)45)58-46-30-10-20-36-16-2-6-24-40(36)46)51(43)54(56)52-44(53)28-14-34-50(52)62-64(59-47-31-11-21-37-17-3-7-25-41(37)47)60-48-32-12-22-38-18-4-8-26-42(38)48/h1-34H. The van der Waals surface area contributed by atoms with E-state index in [1.54, 1.807) is 36.4 Å². The van der Waals surface area contributed by atoms with Crippen molar-refractivity contribution in [1.82, 2.24) is 0 Å². The molecule has 0 atom stereocenters. The summed E-state index contributed by atoms with van der Waals surface area (Å²) in [7, 11) is -4.58. The molecule has 11 rings (SSSR count). The van der Waals surface area contributed by atoms with Gasteiger partial charge >= 0.3 is 17.2 Å². The predicted octanol–water partition coefficient (Wildman–Crippen LogP) is 14.6. The van der Waals surface area contributed by atoms with E-state index in [2.05, 4.69) is 0 Å². The number of hydrogen-bond donors (Lipinski definition) is 0. The maximum atomic E-state index is 15.1. The van der Waals surface area contributed by atoms with E-state index in [4.69, 9.17) is 27.1 Å². The summed E-state index contributed by atoms with van der Waals surface area (Å²) in [5, 5.41) is 7.29. The first-order valence-electron chi connectivity index (χ1n) is 20.5. The van der Waals surface area contributed by atoms with Crippen LogP contribution < -0.4 is 27.1 Å². The Morgan fingerprint density at radius 3 is 0.828 bits per heavy atom. The topological polar surface area (TPSA) is 89.5 Å². The van der Waals surface area contributed by atoms with Gasteiger partial charge in [0.05, 0.1) is 11.1 Å². The average molecular weight is 873 g/mol. The number of carbonyl (C=O) groups excluding carboxylic acids is 2. The van der Waals surface area contributed by atoms with Crippen molar-refractivity contribution < 1.29 is 36.7 Å². The van der Waals surface area contributed by atoms with Gasteiger partial charge in [0, 0.05) is 32.7 Å². The average Bonchev–Trinajstić information content (AvgIpc) is 3.33. The number of ketones is 2. The van der Waals surface area contributed by atoms with Crippen LogP contribution in [0.2, 0.25) is 0 Å². The van der Waals surface area contributed by atoms with Crippen LogP contribution in [-0.2, 0) is 0 Å².